The van der Waals surface area contributed by atoms with E-state index in [4.69, 9.17) is 17.3 Å². The molecule has 0 atom stereocenters. The summed E-state index contributed by atoms with van der Waals surface area (Å²) in [6.45, 7) is 0.801. The van der Waals surface area contributed by atoms with Gasteiger partial charge in [-0.2, -0.15) is 0 Å². The normalized spacial score (nSPS) is 10.5. The van der Waals surface area contributed by atoms with E-state index in [0.29, 0.717) is 34.8 Å². The van der Waals surface area contributed by atoms with Crippen LogP contribution in [0, 0.1) is 0 Å². The summed E-state index contributed by atoms with van der Waals surface area (Å²) in [6, 6.07) is 3.37. The van der Waals surface area contributed by atoms with Gasteiger partial charge in [-0.05, 0) is 6.07 Å². The third-order valence-electron chi connectivity index (χ3n) is 3.09. The first-order valence-electron chi connectivity index (χ1n) is 7.30. The van der Waals surface area contributed by atoms with Crippen LogP contribution in [0.3, 0.4) is 0 Å². The fourth-order valence-corrected chi connectivity index (χ4v) is 2.91. The number of rotatable bonds is 6. The number of thiazole rings is 1. The summed E-state index contributed by atoms with van der Waals surface area (Å²) in [4.78, 5) is 29.2. The number of halogens is 1. The molecule has 0 saturated heterocycles. The highest BCUT2D eigenvalue weighted by Crippen LogP contribution is 2.30. The van der Waals surface area contributed by atoms with E-state index in [1.54, 1.807) is 24.5 Å². The molecular weight excluding hydrogens is 362 g/mol. The van der Waals surface area contributed by atoms with Crippen molar-refractivity contribution in [2.24, 2.45) is 5.73 Å². The lowest BCUT2D eigenvalue weighted by atomic mass is 10.2. The number of amides is 1. The Morgan fingerprint density at radius 1 is 1.20 bits per heavy atom. The van der Waals surface area contributed by atoms with Gasteiger partial charge in [0.2, 0.25) is 0 Å². The number of nitrogens with one attached hydrogen (secondary N) is 2. The Hall–Kier alpha value is -2.62. The first-order valence-corrected chi connectivity index (χ1v) is 8.49. The zero-order valence-electron chi connectivity index (χ0n) is 12.9. The number of carbonyl (C=O) groups is 1. The first-order chi connectivity index (χ1) is 12.2. The van der Waals surface area contributed by atoms with E-state index in [9.17, 15) is 4.79 Å². The maximum absolute atomic E-state index is 12.0. The Morgan fingerprint density at radius 2 is 2.08 bits per heavy atom. The van der Waals surface area contributed by atoms with Gasteiger partial charge in [0.15, 0.2) is 5.13 Å². The maximum Gasteiger partial charge on any atom is 0.252 e. The third-order valence-corrected chi connectivity index (χ3v) is 4.26. The monoisotopic (exact) mass is 375 g/mol. The highest BCUT2D eigenvalue weighted by molar-refractivity contribution is 7.18. The van der Waals surface area contributed by atoms with Gasteiger partial charge in [-0.25, -0.2) is 15.0 Å². The maximum atomic E-state index is 12.0. The lowest BCUT2D eigenvalue weighted by Gasteiger charge is -2.04. The SMILES string of the molecule is NCCNC(=O)c1cncc(-c2cnc(Nc3cc(Cl)ncn3)s2)c1. The Labute approximate surface area is 152 Å². The molecular formula is C15H14ClN7OS. The molecule has 0 aliphatic carbocycles. The van der Waals surface area contributed by atoms with Crippen LogP contribution in [0.25, 0.3) is 10.4 Å². The lowest BCUT2D eigenvalue weighted by molar-refractivity contribution is 0.0954. The van der Waals surface area contributed by atoms with Crippen molar-refractivity contribution in [3.05, 3.63) is 47.8 Å². The molecule has 25 heavy (non-hydrogen) atoms. The van der Waals surface area contributed by atoms with Crippen molar-refractivity contribution in [2.45, 2.75) is 0 Å². The van der Waals surface area contributed by atoms with Crippen molar-refractivity contribution in [2.75, 3.05) is 18.4 Å². The van der Waals surface area contributed by atoms with Crippen LogP contribution < -0.4 is 16.4 Å². The Kier molecular flexibility index (Phi) is 5.49. The van der Waals surface area contributed by atoms with E-state index in [2.05, 4.69) is 30.6 Å². The van der Waals surface area contributed by atoms with Gasteiger partial charge >= 0.3 is 0 Å². The number of hydrogen-bond donors (Lipinski definition) is 3. The minimum Gasteiger partial charge on any atom is -0.351 e. The molecule has 0 fully saturated rings. The number of carbonyl (C=O) groups excluding carboxylic acids is 1. The smallest absolute Gasteiger partial charge is 0.252 e. The van der Waals surface area contributed by atoms with E-state index in [1.807, 2.05) is 0 Å². The molecule has 0 aliphatic rings. The molecule has 0 bridgehead atoms. The van der Waals surface area contributed by atoms with E-state index in [0.717, 1.165) is 10.4 Å². The molecule has 4 N–H and O–H groups in total. The number of anilines is 2. The van der Waals surface area contributed by atoms with Crippen LogP contribution in [-0.4, -0.2) is 38.9 Å². The summed E-state index contributed by atoms with van der Waals surface area (Å²) < 4.78 is 0. The highest BCUT2D eigenvalue weighted by Gasteiger charge is 2.10. The van der Waals surface area contributed by atoms with E-state index < -0.39 is 0 Å². The van der Waals surface area contributed by atoms with Gasteiger partial charge in [-0.15, -0.1) is 0 Å². The van der Waals surface area contributed by atoms with Crippen LogP contribution in [0.1, 0.15) is 10.4 Å². The molecule has 0 aromatic carbocycles. The number of nitrogens with zero attached hydrogens (tertiary/aromatic N) is 4. The summed E-state index contributed by atoms with van der Waals surface area (Å²) in [5.74, 6) is 0.340. The summed E-state index contributed by atoms with van der Waals surface area (Å²) >= 11 is 7.24. The molecule has 0 radical (unpaired) electrons. The van der Waals surface area contributed by atoms with E-state index in [-0.39, 0.29) is 5.91 Å². The van der Waals surface area contributed by atoms with Crippen molar-refractivity contribution >= 4 is 39.8 Å². The summed E-state index contributed by atoms with van der Waals surface area (Å²) in [5, 5.41) is 6.76. The van der Waals surface area contributed by atoms with Crippen LogP contribution in [0.5, 0.6) is 0 Å². The number of hydrogen-bond acceptors (Lipinski definition) is 8. The average Bonchev–Trinajstić information content (AvgIpc) is 3.08. The molecule has 3 aromatic rings. The average molecular weight is 376 g/mol. The van der Waals surface area contributed by atoms with Crippen LogP contribution in [0.4, 0.5) is 10.9 Å². The standard InChI is InChI=1S/C15H14ClN7OS/c16-12-4-13(22-8-21-12)23-15-20-7-11(25-15)9-3-10(6-18-5-9)14(24)19-2-1-17/h3-8H,1-2,17H2,(H,19,24)(H,20,21,22,23). The van der Waals surface area contributed by atoms with Crippen molar-refractivity contribution in [1.82, 2.24) is 25.3 Å². The van der Waals surface area contributed by atoms with Crippen LogP contribution in [0.2, 0.25) is 5.15 Å². The molecule has 0 unspecified atom stereocenters. The number of nitrogens with two attached hydrogens (primary N) is 1. The second-order valence-corrected chi connectivity index (χ2v) is 6.31. The lowest BCUT2D eigenvalue weighted by Crippen LogP contribution is -2.29. The quantitative estimate of drug-likeness (QED) is 0.564. The molecule has 0 spiro atoms. The number of aromatic nitrogens is 4. The Balaban J connectivity index is 1.77. The molecule has 1 amide bonds. The molecule has 3 rings (SSSR count). The largest absolute Gasteiger partial charge is 0.351 e. The summed E-state index contributed by atoms with van der Waals surface area (Å²) in [5.41, 5.74) is 6.66. The zero-order valence-corrected chi connectivity index (χ0v) is 14.5. The fraction of sp³-hybridized carbons (Fsp3) is 0.133. The second-order valence-electron chi connectivity index (χ2n) is 4.89. The predicted octanol–water partition coefficient (Wildman–Crippen LogP) is 2.08. The van der Waals surface area contributed by atoms with Crippen LogP contribution in [-0.2, 0) is 0 Å². The first kappa shape index (κ1) is 17.2. The van der Waals surface area contributed by atoms with Crippen molar-refractivity contribution < 1.29 is 4.79 Å². The fourth-order valence-electron chi connectivity index (χ4n) is 1.96. The van der Waals surface area contributed by atoms with Crippen molar-refractivity contribution in [3.8, 4) is 10.4 Å². The van der Waals surface area contributed by atoms with Gasteiger partial charge in [-0.1, -0.05) is 22.9 Å². The molecule has 8 nitrogen and oxygen atoms in total. The molecule has 3 aromatic heterocycles. The highest BCUT2D eigenvalue weighted by atomic mass is 35.5. The van der Waals surface area contributed by atoms with Gasteiger partial charge in [-0.3, -0.25) is 9.78 Å². The van der Waals surface area contributed by atoms with Gasteiger partial charge in [0.25, 0.3) is 5.91 Å². The predicted molar refractivity (Wildman–Crippen MR) is 97.1 cm³/mol. The Morgan fingerprint density at radius 3 is 2.88 bits per heavy atom. The van der Waals surface area contributed by atoms with Crippen LogP contribution in [0.15, 0.2) is 37.1 Å². The molecule has 128 valence electrons. The number of pyridine rings is 1. The summed E-state index contributed by atoms with van der Waals surface area (Å²) in [6.07, 6.45) is 6.26. The van der Waals surface area contributed by atoms with Crippen molar-refractivity contribution in [1.29, 1.82) is 0 Å². The second kappa shape index (κ2) is 7.97. The van der Waals surface area contributed by atoms with E-state index >= 15 is 0 Å². The molecule has 3 heterocycles. The summed E-state index contributed by atoms with van der Waals surface area (Å²) in [7, 11) is 0. The van der Waals surface area contributed by atoms with Gasteiger partial charge in [0.05, 0.1) is 10.4 Å². The van der Waals surface area contributed by atoms with Gasteiger partial charge < -0.3 is 16.4 Å². The van der Waals surface area contributed by atoms with Crippen molar-refractivity contribution in [3.63, 3.8) is 0 Å². The molecule has 10 heteroatoms. The van der Waals surface area contributed by atoms with Gasteiger partial charge in [0, 0.05) is 43.3 Å². The minimum atomic E-state index is -0.210. The third kappa shape index (κ3) is 4.47. The molecule has 0 saturated carbocycles. The topological polar surface area (TPSA) is 119 Å². The minimum absolute atomic E-state index is 0.210. The molecule has 0 aliphatic heterocycles. The van der Waals surface area contributed by atoms with Gasteiger partial charge in [0.1, 0.15) is 17.3 Å². The zero-order chi connectivity index (χ0) is 17.6. The van der Waals surface area contributed by atoms with E-state index in [1.165, 1.54) is 23.9 Å². The van der Waals surface area contributed by atoms with Crippen LogP contribution >= 0.6 is 22.9 Å². The Bertz CT molecular complexity index is 886.